The van der Waals surface area contributed by atoms with Crippen LogP contribution in [-0.2, 0) is 19.1 Å². The molecule has 0 spiro atoms. The highest BCUT2D eigenvalue weighted by atomic mass is 32.2. The fourth-order valence-electron chi connectivity index (χ4n) is 3.11. The summed E-state index contributed by atoms with van der Waals surface area (Å²) in [5.41, 5.74) is 0.775. The molecule has 0 radical (unpaired) electrons. The minimum atomic E-state index is -0.376. The van der Waals surface area contributed by atoms with Gasteiger partial charge in [0, 0.05) is 14.2 Å². The number of aryl methyl sites for hydroxylation is 1. The largest absolute Gasteiger partial charge is 0.506 e. The van der Waals surface area contributed by atoms with Crippen LogP contribution >= 0.6 is 23.5 Å². The van der Waals surface area contributed by atoms with Gasteiger partial charge in [-0.3, -0.25) is 9.59 Å². The van der Waals surface area contributed by atoms with Crippen LogP contribution in [0, 0.1) is 6.92 Å². The Balaban J connectivity index is 2.00. The van der Waals surface area contributed by atoms with Gasteiger partial charge in [0.2, 0.25) is 0 Å². The van der Waals surface area contributed by atoms with Crippen molar-refractivity contribution in [2.24, 2.45) is 0 Å². The zero-order valence-corrected chi connectivity index (χ0v) is 19.3. The molecule has 1 aromatic carbocycles. The van der Waals surface area contributed by atoms with E-state index < -0.39 is 0 Å². The molecule has 0 saturated carbocycles. The maximum absolute atomic E-state index is 13.1. The molecule has 8 nitrogen and oxygen atoms in total. The molecule has 1 N–H and O–H groups in total. The minimum Gasteiger partial charge on any atom is -0.506 e. The van der Waals surface area contributed by atoms with Crippen molar-refractivity contribution < 1.29 is 28.9 Å². The van der Waals surface area contributed by atoms with Gasteiger partial charge in [-0.1, -0.05) is 23.5 Å². The summed E-state index contributed by atoms with van der Waals surface area (Å²) < 4.78 is 16.6. The van der Waals surface area contributed by atoms with E-state index in [9.17, 15) is 14.7 Å². The number of benzene rings is 1. The first-order valence-electron chi connectivity index (χ1n) is 9.54. The Bertz CT molecular complexity index is 859. The number of hydrazine groups is 1. The summed E-state index contributed by atoms with van der Waals surface area (Å²) in [6.07, 6.45) is -0.0517. The van der Waals surface area contributed by atoms with Crippen molar-refractivity contribution in [3.05, 3.63) is 21.4 Å². The molecule has 10 heteroatoms. The standard InChI is InChI=1S/C20H26N2O6S2/c1-11(2)28-13-10-12(3)15(23)17-16(13)29-20(30-17)14-18(24)21(6-8-26-4)22(19(14)25)7-9-27-5/h10-11,23H,6-9H2,1-5H3. The Morgan fingerprint density at radius 1 is 1.00 bits per heavy atom. The summed E-state index contributed by atoms with van der Waals surface area (Å²) in [5, 5.41) is 13.4. The van der Waals surface area contributed by atoms with Gasteiger partial charge in [-0.15, -0.1) is 0 Å². The van der Waals surface area contributed by atoms with Gasteiger partial charge >= 0.3 is 0 Å². The van der Waals surface area contributed by atoms with Crippen LogP contribution in [0.1, 0.15) is 19.4 Å². The SMILES string of the molecule is COCCN1C(=O)C(=C2Sc3c(OC(C)C)cc(C)c(O)c3S2)C(=O)N1CCOC. The molecule has 1 fully saturated rings. The third-order valence-electron chi connectivity index (χ3n) is 4.52. The second-order valence-electron chi connectivity index (χ2n) is 7.07. The van der Waals surface area contributed by atoms with E-state index in [2.05, 4.69) is 0 Å². The smallest absolute Gasteiger partial charge is 0.279 e. The van der Waals surface area contributed by atoms with Crippen molar-refractivity contribution in [2.75, 3.05) is 40.5 Å². The molecule has 2 aliphatic heterocycles. The fourth-order valence-corrected chi connectivity index (χ4v) is 5.80. The predicted octanol–water partition coefficient (Wildman–Crippen LogP) is 2.78. The monoisotopic (exact) mass is 454 g/mol. The van der Waals surface area contributed by atoms with E-state index in [1.54, 1.807) is 27.2 Å². The number of phenols is 1. The number of aromatic hydroxyl groups is 1. The molecule has 1 aromatic rings. The summed E-state index contributed by atoms with van der Waals surface area (Å²) in [4.78, 5) is 27.6. The number of carbonyl (C=O) groups excluding carboxylic acids is 2. The molecule has 2 aliphatic rings. The second-order valence-corrected chi connectivity index (χ2v) is 9.37. The van der Waals surface area contributed by atoms with Crippen LogP contribution in [0.5, 0.6) is 11.5 Å². The van der Waals surface area contributed by atoms with Gasteiger partial charge in [0.25, 0.3) is 11.8 Å². The lowest BCUT2D eigenvalue weighted by Gasteiger charge is -2.26. The molecule has 2 amide bonds. The normalized spacial score (nSPS) is 16.3. The van der Waals surface area contributed by atoms with E-state index in [4.69, 9.17) is 14.2 Å². The molecule has 0 unspecified atom stereocenters. The zero-order chi connectivity index (χ0) is 22.0. The number of hydrogen-bond acceptors (Lipinski definition) is 8. The number of methoxy groups -OCH3 is 2. The quantitative estimate of drug-likeness (QED) is 0.474. The number of ether oxygens (including phenoxy) is 3. The number of fused-ring (bicyclic) bond motifs is 1. The van der Waals surface area contributed by atoms with Crippen LogP contribution in [-0.4, -0.2) is 73.6 Å². The van der Waals surface area contributed by atoms with E-state index in [1.807, 2.05) is 13.8 Å². The van der Waals surface area contributed by atoms with Crippen molar-refractivity contribution in [3.8, 4) is 11.5 Å². The van der Waals surface area contributed by atoms with Crippen LogP contribution in [0.15, 0.2) is 25.7 Å². The molecule has 30 heavy (non-hydrogen) atoms. The Morgan fingerprint density at radius 2 is 1.53 bits per heavy atom. The summed E-state index contributed by atoms with van der Waals surface area (Å²) in [6.45, 7) is 6.77. The van der Waals surface area contributed by atoms with E-state index in [0.717, 1.165) is 4.90 Å². The number of nitrogens with zero attached hydrogens (tertiary/aromatic N) is 2. The molecule has 0 bridgehead atoms. The van der Waals surface area contributed by atoms with Crippen LogP contribution in [0.3, 0.4) is 0 Å². The summed E-state index contributed by atoms with van der Waals surface area (Å²) in [7, 11) is 3.09. The molecular weight excluding hydrogens is 428 g/mol. The van der Waals surface area contributed by atoms with Gasteiger partial charge in [0.05, 0.1) is 46.4 Å². The van der Waals surface area contributed by atoms with E-state index >= 15 is 0 Å². The molecule has 164 valence electrons. The number of rotatable bonds is 8. The average Bonchev–Trinajstić information content (AvgIpc) is 3.22. The van der Waals surface area contributed by atoms with Gasteiger partial charge in [-0.05, 0) is 32.4 Å². The lowest BCUT2D eigenvalue weighted by Crippen LogP contribution is -2.44. The van der Waals surface area contributed by atoms with Gasteiger partial charge < -0.3 is 19.3 Å². The zero-order valence-electron chi connectivity index (χ0n) is 17.7. The molecule has 2 heterocycles. The fraction of sp³-hybridized carbons (Fsp3) is 0.500. The van der Waals surface area contributed by atoms with Gasteiger partial charge in [-0.25, -0.2) is 10.0 Å². The summed E-state index contributed by atoms with van der Waals surface area (Å²) >= 11 is 2.51. The van der Waals surface area contributed by atoms with Crippen molar-refractivity contribution in [1.82, 2.24) is 10.0 Å². The third-order valence-corrected chi connectivity index (χ3v) is 7.14. The molecule has 0 aliphatic carbocycles. The van der Waals surface area contributed by atoms with E-state index in [-0.39, 0.29) is 42.3 Å². The van der Waals surface area contributed by atoms with Crippen LogP contribution in [0.25, 0.3) is 0 Å². The maximum atomic E-state index is 13.1. The summed E-state index contributed by atoms with van der Waals surface area (Å²) in [5.74, 6) is 0.0188. The van der Waals surface area contributed by atoms with Crippen molar-refractivity contribution in [2.45, 2.75) is 36.7 Å². The first kappa shape index (κ1) is 22.8. The lowest BCUT2D eigenvalue weighted by molar-refractivity contribution is -0.149. The topological polar surface area (TPSA) is 88.5 Å². The van der Waals surface area contributed by atoms with Gasteiger partial charge in [0.1, 0.15) is 17.1 Å². The van der Waals surface area contributed by atoms with E-state index in [0.29, 0.717) is 33.7 Å². The predicted molar refractivity (Wildman–Crippen MR) is 115 cm³/mol. The average molecular weight is 455 g/mol. The molecule has 0 atom stereocenters. The molecule has 1 saturated heterocycles. The van der Waals surface area contributed by atoms with Crippen molar-refractivity contribution >= 4 is 35.3 Å². The Hall–Kier alpha value is -1.88. The van der Waals surface area contributed by atoms with Gasteiger partial charge in [-0.2, -0.15) is 0 Å². The summed E-state index contributed by atoms with van der Waals surface area (Å²) in [6, 6.07) is 1.78. The first-order valence-corrected chi connectivity index (χ1v) is 11.2. The van der Waals surface area contributed by atoms with Crippen LogP contribution in [0.2, 0.25) is 0 Å². The number of carbonyl (C=O) groups is 2. The highest BCUT2D eigenvalue weighted by Crippen LogP contribution is 2.60. The minimum absolute atomic E-state index is 0.0517. The molecule has 3 rings (SSSR count). The van der Waals surface area contributed by atoms with Gasteiger partial charge in [0.15, 0.2) is 0 Å². The van der Waals surface area contributed by atoms with E-state index in [1.165, 1.54) is 33.5 Å². The maximum Gasteiger partial charge on any atom is 0.279 e. The van der Waals surface area contributed by atoms with Crippen molar-refractivity contribution in [3.63, 3.8) is 0 Å². The lowest BCUT2D eigenvalue weighted by atomic mass is 10.2. The van der Waals surface area contributed by atoms with Crippen LogP contribution < -0.4 is 4.74 Å². The Kier molecular flexibility index (Phi) is 7.22. The number of amides is 2. The highest BCUT2D eigenvalue weighted by Gasteiger charge is 2.44. The highest BCUT2D eigenvalue weighted by molar-refractivity contribution is 8.25. The number of hydrogen-bond donors (Lipinski definition) is 1. The van der Waals surface area contributed by atoms with Crippen molar-refractivity contribution in [1.29, 1.82) is 0 Å². The molecular formula is C20H26N2O6S2. The number of phenolic OH excluding ortho intramolecular Hbond substituents is 1. The van der Waals surface area contributed by atoms with Crippen LogP contribution in [0.4, 0.5) is 0 Å². The number of thioether (sulfide) groups is 2. The first-order chi connectivity index (χ1) is 14.3. The third kappa shape index (κ3) is 4.27. The Labute approximate surface area is 184 Å². The molecule has 0 aromatic heterocycles. The Morgan fingerprint density at radius 3 is 2.03 bits per heavy atom. The second kappa shape index (κ2) is 9.51.